The molecule has 0 aliphatic heterocycles. The van der Waals surface area contributed by atoms with E-state index in [-0.39, 0.29) is 24.5 Å². The Balaban J connectivity index is 1.49. The van der Waals surface area contributed by atoms with E-state index in [1.54, 1.807) is 11.8 Å². The molecule has 35 heavy (non-hydrogen) atoms. The first-order chi connectivity index (χ1) is 16.9. The molecule has 0 saturated heterocycles. The number of nitrogens with zero attached hydrogens (tertiary/aromatic N) is 1. The van der Waals surface area contributed by atoms with E-state index in [9.17, 15) is 9.59 Å². The predicted molar refractivity (Wildman–Crippen MR) is 146 cm³/mol. The van der Waals surface area contributed by atoms with Crippen LogP contribution in [0.3, 0.4) is 0 Å². The Morgan fingerprint density at radius 1 is 1.00 bits per heavy atom. The molecule has 5 nitrogen and oxygen atoms in total. The van der Waals surface area contributed by atoms with Crippen LogP contribution in [-0.4, -0.2) is 35.4 Å². The Hall–Kier alpha value is -2.38. The zero-order valence-corrected chi connectivity index (χ0v) is 23.0. The molecule has 4 rings (SSSR count). The highest BCUT2D eigenvalue weighted by Gasteiger charge is 2.28. The van der Waals surface area contributed by atoms with Crippen LogP contribution in [0, 0.1) is 0 Å². The highest BCUT2D eigenvalue weighted by Crippen LogP contribution is 2.33. The van der Waals surface area contributed by atoms with E-state index in [2.05, 4.69) is 37.2 Å². The molecule has 0 unspecified atom stereocenters. The van der Waals surface area contributed by atoms with Gasteiger partial charge in [-0.05, 0) is 70.2 Å². The fourth-order valence-corrected chi connectivity index (χ4v) is 5.36. The normalized spacial score (nSPS) is 14.9. The molecule has 1 aliphatic carbocycles. The minimum absolute atomic E-state index is 0.116. The lowest BCUT2D eigenvalue weighted by atomic mass is 9.95. The van der Waals surface area contributed by atoms with Gasteiger partial charge >= 0.3 is 0 Å². The number of hydrogen-bond donors (Lipinski definition) is 1. The number of hydrogen-bond acceptors (Lipinski definition) is 3. The van der Waals surface area contributed by atoms with Gasteiger partial charge in [0.25, 0.3) is 5.91 Å². The molecule has 2 amide bonds. The first kappa shape index (κ1) is 25.7. The van der Waals surface area contributed by atoms with E-state index in [0.29, 0.717) is 12.3 Å². The summed E-state index contributed by atoms with van der Waals surface area (Å²) in [6.45, 7) is 1.96. The average Bonchev–Trinajstić information content (AvgIpc) is 2.88. The molecule has 0 radical (unpaired) electrons. The molecule has 1 atom stereocenters. The Morgan fingerprint density at radius 3 is 2.46 bits per heavy atom. The Bertz CT molecular complexity index is 1180. The van der Waals surface area contributed by atoms with Gasteiger partial charge in [0.15, 0.2) is 6.61 Å². The number of fused-ring (bicyclic) bond motifs is 1. The van der Waals surface area contributed by atoms with Gasteiger partial charge in [-0.2, -0.15) is 0 Å². The van der Waals surface area contributed by atoms with Gasteiger partial charge in [0.05, 0.1) is 4.47 Å². The van der Waals surface area contributed by atoms with Crippen LogP contribution in [-0.2, 0) is 16.1 Å². The highest BCUT2D eigenvalue weighted by molar-refractivity contribution is 9.11. The fraction of sp³-hybridized carbons (Fsp3) is 0.357. The van der Waals surface area contributed by atoms with Gasteiger partial charge in [0.2, 0.25) is 5.91 Å². The van der Waals surface area contributed by atoms with Crippen molar-refractivity contribution in [2.45, 2.75) is 57.7 Å². The molecule has 0 spiro atoms. The molecule has 1 N–H and O–H groups in total. The number of carbonyl (C=O) groups is 2. The maximum atomic E-state index is 13.4. The van der Waals surface area contributed by atoms with Crippen LogP contribution >= 0.6 is 31.9 Å². The van der Waals surface area contributed by atoms with Gasteiger partial charge in [-0.15, -0.1) is 0 Å². The summed E-state index contributed by atoms with van der Waals surface area (Å²) in [5.74, 6) is 0.244. The van der Waals surface area contributed by atoms with Crippen molar-refractivity contribution in [1.29, 1.82) is 0 Å². The molecule has 0 heterocycles. The summed E-state index contributed by atoms with van der Waals surface area (Å²) in [5, 5.41) is 5.27. The van der Waals surface area contributed by atoms with Crippen LogP contribution in [0.25, 0.3) is 10.8 Å². The van der Waals surface area contributed by atoms with Crippen LogP contribution < -0.4 is 10.1 Å². The van der Waals surface area contributed by atoms with Crippen molar-refractivity contribution < 1.29 is 14.3 Å². The number of amides is 2. The van der Waals surface area contributed by atoms with Gasteiger partial charge in [0, 0.05) is 17.1 Å². The first-order valence-electron chi connectivity index (χ1n) is 12.1. The largest absolute Gasteiger partial charge is 0.483 e. The quantitative estimate of drug-likeness (QED) is 0.316. The lowest BCUT2D eigenvalue weighted by Gasteiger charge is -2.31. The van der Waals surface area contributed by atoms with Crippen LogP contribution in [0.2, 0.25) is 0 Å². The van der Waals surface area contributed by atoms with E-state index in [1.807, 2.05) is 60.7 Å². The summed E-state index contributed by atoms with van der Waals surface area (Å²) in [7, 11) is 0. The summed E-state index contributed by atoms with van der Waals surface area (Å²) in [5.41, 5.74) is 0.950. The number of ether oxygens (including phenoxy) is 1. The predicted octanol–water partition coefficient (Wildman–Crippen LogP) is 6.61. The third-order valence-electron chi connectivity index (χ3n) is 6.56. The molecule has 0 aromatic heterocycles. The van der Waals surface area contributed by atoms with E-state index in [1.165, 1.54) is 6.42 Å². The van der Waals surface area contributed by atoms with Crippen molar-refractivity contribution in [1.82, 2.24) is 10.2 Å². The molecule has 7 heteroatoms. The Kier molecular flexibility index (Phi) is 8.84. The van der Waals surface area contributed by atoms with Crippen LogP contribution in [0.4, 0.5) is 0 Å². The van der Waals surface area contributed by atoms with Gasteiger partial charge < -0.3 is 15.0 Å². The maximum absolute atomic E-state index is 13.4. The molecule has 1 aliphatic rings. The number of halogens is 2. The van der Waals surface area contributed by atoms with E-state index < -0.39 is 6.04 Å². The minimum Gasteiger partial charge on any atom is -0.483 e. The zero-order chi connectivity index (χ0) is 24.8. The second kappa shape index (κ2) is 12.0. The van der Waals surface area contributed by atoms with Gasteiger partial charge in [-0.1, -0.05) is 77.7 Å². The number of nitrogens with one attached hydrogen (secondary N) is 1. The number of rotatable bonds is 8. The fourth-order valence-electron chi connectivity index (χ4n) is 4.49. The Labute approximate surface area is 223 Å². The third kappa shape index (κ3) is 6.64. The van der Waals surface area contributed by atoms with Crippen molar-refractivity contribution in [3.63, 3.8) is 0 Å². The van der Waals surface area contributed by atoms with Crippen molar-refractivity contribution >= 4 is 54.4 Å². The van der Waals surface area contributed by atoms with E-state index >= 15 is 0 Å². The van der Waals surface area contributed by atoms with Crippen LogP contribution in [0.5, 0.6) is 5.75 Å². The Morgan fingerprint density at radius 2 is 1.71 bits per heavy atom. The molecule has 3 aromatic carbocycles. The minimum atomic E-state index is -0.614. The average molecular weight is 602 g/mol. The van der Waals surface area contributed by atoms with E-state index in [4.69, 9.17) is 4.74 Å². The zero-order valence-electron chi connectivity index (χ0n) is 19.8. The van der Waals surface area contributed by atoms with Crippen LogP contribution in [0.1, 0.15) is 44.6 Å². The first-order valence-corrected chi connectivity index (χ1v) is 13.7. The lowest BCUT2D eigenvalue weighted by molar-refractivity contribution is -0.142. The molecule has 3 aromatic rings. The summed E-state index contributed by atoms with van der Waals surface area (Å²) in [6.07, 6.45) is 5.49. The summed E-state index contributed by atoms with van der Waals surface area (Å²) >= 11 is 7.07. The smallest absolute Gasteiger partial charge is 0.261 e. The van der Waals surface area contributed by atoms with Gasteiger partial charge in [-0.25, -0.2) is 0 Å². The van der Waals surface area contributed by atoms with Crippen LogP contribution in [0.15, 0.2) is 69.6 Å². The number of benzene rings is 3. The lowest BCUT2D eigenvalue weighted by Crippen LogP contribution is -2.51. The van der Waals surface area contributed by atoms with Gasteiger partial charge in [-0.3, -0.25) is 9.59 Å². The maximum Gasteiger partial charge on any atom is 0.261 e. The summed E-state index contributed by atoms with van der Waals surface area (Å²) in [6, 6.07) is 19.2. The molecule has 0 bridgehead atoms. The molecule has 1 saturated carbocycles. The second-order valence-corrected chi connectivity index (χ2v) is 10.8. The third-order valence-corrected chi connectivity index (χ3v) is 7.91. The van der Waals surface area contributed by atoms with Crippen molar-refractivity contribution in [2.75, 3.05) is 6.61 Å². The topological polar surface area (TPSA) is 58.6 Å². The highest BCUT2D eigenvalue weighted by atomic mass is 79.9. The second-order valence-electron chi connectivity index (χ2n) is 9.06. The number of carbonyl (C=O) groups excluding carboxylic acids is 2. The standard InChI is InChI=1S/C28H30Br2N2O3/c1-19(28(34)31-23-8-3-2-4-9-23)32(17-20-11-14-22(29)15-12-20)26(33)18-35-25-16-13-21-7-5-6-10-24(21)27(25)30/h5-7,10-16,19,23H,2-4,8-9,17-18H2,1H3,(H,31,34)/t19-/m1/s1. The summed E-state index contributed by atoms with van der Waals surface area (Å²) in [4.78, 5) is 28.1. The molecule has 1 fully saturated rings. The van der Waals surface area contributed by atoms with Crippen molar-refractivity contribution in [3.05, 3.63) is 75.2 Å². The SMILES string of the molecule is C[C@H](C(=O)NC1CCCCC1)N(Cc1ccc(Br)cc1)C(=O)COc1ccc2ccccc2c1Br. The van der Waals surface area contributed by atoms with Crippen molar-refractivity contribution in [2.24, 2.45) is 0 Å². The van der Waals surface area contributed by atoms with Gasteiger partial charge in [0.1, 0.15) is 11.8 Å². The monoisotopic (exact) mass is 600 g/mol. The van der Waals surface area contributed by atoms with Crippen molar-refractivity contribution in [3.8, 4) is 5.75 Å². The molecular formula is C28H30Br2N2O3. The summed E-state index contributed by atoms with van der Waals surface area (Å²) < 4.78 is 7.72. The van der Waals surface area contributed by atoms with E-state index in [0.717, 1.165) is 51.0 Å². The molecular weight excluding hydrogens is 572 g/mol. The molecule has 184 valence electrons.